The normalized spacial score (nSPS) is 45.1. The molecule has 3 nitrogen and oxygen atoms in total. The number of hydrogen-bond donors (Lipinski definition) is 2. The summed E-state index contributed by atoms with van der Waals surface area (Å²) in [7, 11) is 0. The smallest absolute Gasteiger partial charge is 0.303 e. The largest absolute Gasteiger partial charge is 0.481 e. The van der Waals surface area contributed by atoms with Crippen molar-refractivity contribution in [2.45, 2.75) is 31.7 Å². The highest BCUT2D eigenvalue weighted by molar-refractivity contribution is 5.67. The summed E-state index contributed by atoms with van der Waals surface area (Å²) in [6, 6.07) is 0.285. The van der Waals surface area contributed by atoms with E-state index in [-0.39, 0.29) is 6.04 Å². The highest BCUT2D eigenvalue weighted by Crippen LogP contribution is 2.49. The summed E-state index contributed by atoms with van der Waals surface area (Å²) >= 11 is 0. The summed E-state index contributed by atoms with van der Waals surface area (Å²) in [5.41, 5.74) is 5.89. The average molecular weight is 169 g/mol. The number of carboxylic acid groups (broad SMARTS) is 1. The van der Waals surface area contributed by atoms with E-state index in [0.29, 0.717) is 24.2 Å². The summed E-state index contributed by atoms with van der Waals surface area (Å²) in [5, 5.41) is 8.68. The van der Waals surface area contributed by atoms with Gasteiger partial charge >= 0.3 is 5.97 Å². The fourth-order valence-electron chi connectivity index (χ4n) is 3.05. The van der Waals surface area contributed by atoms with Gasteiger partial charge in [0.05, 0.1) is 0 Å². The minimum Gasteiger partial charge on any atom is -0.481 e. The monoisotopic (exact) mass is 169 g/mol. The summed E-state index contributed by atoms with van der Waals surface area (Å²) in [6.07, 6.45) is 3.76. The third-order valence-corrected chi connectivity index (χ3v) is 3.56. The third-order valence-electron chi connectivity index (χ3n) is 3.56. The van der Waals surface area contributed by atoms with E-state index in [1.54, 1.807) is 0 Å². The topological polar surface area (TPSA) is 63.3 Å². The molecule has 68 valence electrons. The Hall–Kier alpha value is -0.570. The van der Waals surface area contributed by atoms with Gasteiger partial charge in [-0.3, -0.25) is 4.79 Å². The van der Waals surface area contributed by atoms with Crippen molar-refractivity contribution in [2.24, 2.45) is 23.5 Å². The van der Waals surface area contributed by atoms with Crippen LogP contribution in [0.25, 0.3) is 0 Å². The number of hydrogen-bond acceptors (Lipinski definition) is 2. The molecule has 12 heavy (non-hydrogen) atoms. The minimum atomic E-state index is -0.661. The maximum Gasteiger partial charge on any atom is 0.303 e. The van der Waals surface area contributed by atoms with Gasteiger partial charge in [-0.1, -0.05) is 0 Å². The lowest BCUT2D eigenvalue weighted by molar-refractivity contribution is -0.138. The molecule has 0 aromatic carbocycles. The van der Waals surface area contributed by atoms with Gasteiger partial charge in [0, 0.05) is 12.5 Å². The molecule has 0 aliphatic heterocycles. The Morgan fingerprint density at radius 3 is 2.67 bits per heavy atom. The van der Waals surface area contributed by atoms with Gasteiger partial charge in [-0.15, -0.1) is 0 Å². The molecule has 0 amide bonds. The van der Waals surface area contributed by atoms with E-state index in [2.05, 4.69) is 0 Å². The molecule has 0 heterocycles. The van der Waals surface area contributed by atoms with Gasteiger partial charge in [0.2, 0.25) is 0 Å². The predicted octanol–water partition coefficient (Wildman–Crippen LogP) is 0.834. The first-order valence-electron chi connectivity index (χ1n) is 4.66. The molecule has 2 saturated carbocycles. The second kappa shape index (κ2) is 2.73. The van der Waals surface area contributed by atoms with Crippen LogP contribution in [0.15, 0.2) is 0 Å². The zero-order valence-electron chi connectivity index (χ0n) is 7.07. The first-order valence-corrected chi connectivity index (χ1v) is 4.66. The molecule has 4 unspecified atom stereocenters. The molecule has 2 aliphatic rings. The van der Waals surface area contributed by atoms with Crippen LogP contribution in [0.1, 0.15) is 25.7 Å². The van der Waals surface area contributed by atoms with Crippen molar-refractivity contribution >= 4 is 5.97 Å². The molecule has 0 aromatic heterocycles. The SMILES string of the molecule is NC1CC2CCC1C2CC(=O)O. The Kier molecular flexibility index (Phi) is 1.83. The highest BCUT2D eigenvalue weighted by atomic mass is 16.4. The lowest BCUT2D eigenvalue weighted by Gasteiger charge is -2.16. The van der Waals surface area contributed by atoms with Crippen molar-refractivity contribution in [1.29, 1.82) is 0 Å². The predicted molar refractivity (Wildman–Crippen MR) is 44.5 cm³/mol. The molecule has 3 heteroatoms. The molecule has 2 aliphatic carbocycles. The van der Waals surface area contributed by atoms with E-state index in [1.807, 2.05) is 0 Å². The second-order valence-corrected chi connectivity index (χ2v) is 4.16. The summed E-state index contributed by atoms with van der Waals surface area (Å²) in [5.74, 6) is 0.843. The van der Waals surface area contributed by atoms with Crippen LogP contribution >= 0.6 is 0 Å². The van der Waals surface area contributed by atoms with Crippen LogP contribution in [-0.4, -0.2) is 17.1 Å². The Balaban J connectivity index is 2.03. The van der Waals surface area contributed by atoms with Crippen LogP contribution in [0.5, 0.6) is 0 Å². The molecule has 0 saturated heterocycles. The molecule has 2 bridgehead atoms. The van der Waals surface area contributed by atoms with E-state index in [9.17, 15) is 4.79 Å². The molecule has 0 radical (unpaired) electrons. The van der Waals surface area contributed by atoms with E-state index in [0.717, 1.165) is 12.8 Å². The number of fused-ring (bicyclic) bond motifs is 2. The van der Waals surface area contributed by atoms with Crippen molar-refractivity contribution in [3.8, 4) is 0 Å². The molecular formula is C9H15NO2. The average Bonchev–Trinajstić information content (AvgIpc) is 2.44. The van der Waals surface area contributed by atoms with Gasteiger partial charge in [-0.25, -0.2) is 0 Å². The lowest BCUT2D eigenvalue weighted by atomic mass is 9.93. The molecule has 0 aromatic rings. The first kappa shape index (κ1) is 8.05. The molecule has 4 atom stereocenters. The van der Waals surface area contributed by atoms with E-state index in [4.69, 9.17) is 10.8 Å². The number of carbonyl (C=O) groups is 1. The van der Waals surface area contributed by atoms with Gasteiger partial charge in [-0.2, -0.15) is 0 Å². The number of rotatable bonds is 2. The van der Waals surface area contributed by atoms with Crippen LogP contribution in [-0.2, 0) is 4.79 Å². The van der Waals surface area contributed by atoms with Crippen LogP contribution in [0, 0.1) is 17.8 Å². The Morgan fingerprint density at radius 1 is 1.50 bits per heavy atom. The zero-order chi connectivity index (χ0) is 8.72. The molecule has 3 N–H and O–H groups in total. The fraction of sp³-hybridized carbons (Fsp3) is 0.889. The van der Waals surface area contributed by atoms with Gasteiger partial charge in [0.1, 0.15) is 0 Å². The van der Waals surface area contributed by atoms with Crippen molar-refractivity contribution in [3.63, 3.8) is 0 Å². The van der Waals surface area contributed by atoms with E-state index < -0.39 is 5.97 Å². The van der Waals surface area contributed by atoms with Gasteiger partial charge in [0.15, 0.2) is 0 Å². The molecule has 0 spiro atoms. The van der Waals surface area contributed by atoms with Crippen molar-refractivity contribution in [2.75, 3.05) is 0 Å². The Labute approximate surface area is 71.9 Å². The number of carboxylic acids is 1. The van der Waals surface area contributed by atoms with E-state index in [1.165, 1.54) is 6.42 Å². The lowest BCUT2D eigenvalue weighted by Crippen LogP contribution is -2.27. The molecule has 2 rings (SSSR count). The maximum absolute atomic E-state index is 10.5. The van der Waals surface area contributed by atoms with Gasteiger partial charge in [0.25, 0.3) is 0 Å². The first-order chi connectivity index (χ1) is 5.68. The van der Waals surface area contributed by atoms with Gasteiger partial charge in [-0.05, 0) is 37.0 Å². The summed E-state index contributed by atoms with van der Waals surface area (Å²) in [4.78, 5) is 10.5. The second-order valence-electron chi connectivity index (χ2n) is 4.16. The third kappa shape index (κ3) is 1.12. The zero-order valence-corrected chi connectivity index (χ0v) is 7.07. The summed E-state index contributed by atoms with van der Waals surface area (Å²) in [6.45, 7) is 0. The Bertz CT molecular complexity index is 205. The maximum atomic E-state index is 10.5. The van der Waals surface area contributed by atoms with Crippen molar-refractivity contribution in [1.82, 2.24) is 0 Å². The van der Waals surface area contributed by atoms with Gasteiger partial charge < -0.3 is 10.8 Å². The number of aliphatic carboxylic acids is 1. The molecule has 2 fully saturated rings. The quantitative estimate of drug-likeness (QED) is 0.643. The van der Waals surface area contributed by atoms with E-state index >= 15 is 0 Å². The fourth-order valence-corrected chi connectivity index (χ4v) is 3.05. The van der Waals surface area contributed by atoms with Crippen molar-refractivity contribution in [3.05, 3.63) is 0 Å². The number of nitrogens with two attached hydrogens (primary N) is 1. The summed E-state index contributed by atoms with van der Waals surface area (Å²) < 4.78 is 0. The van der Waals surface area contributed by atoms with Crippen LogP contribution in [0.4, 0.5) is 0 Å². The minimum absolute atomic E-state index is 0.285. The highest BCUT2D eigenvalue weighted by Gasteiger charge is 2.46. The Morgan fingerprint density at radius 2 is 2.25 bits per heavy atom. The standard InChI is InChI=1S/C9H15NO2/c10-8-3-5-1-2-6(8)7(5)4-9(11)12/h5-8H,1-4,10H2,(H,11,12). The van der Waals surface area contributed by atoms with Crippen LogP contribution in [0.3, 0.4) is 0 Å². The van der Waals surface area contributed by atoms with Crippen LogP contribution in [0.2, 0.25) is 0 Å². The molecular weight excluding hydrogens is 154 g/mol. The van der Waals surface area contributed by atoms with Crippen molar-refractivity contribution < 1.29 is 9.90 Å². The van der Waals surface area contributed by atoms with Crippen LogP contribution < -0.4 is 5.73 Å².